The van der Waals surface area contributed by atoms with Gasteiger partial charge in [0.15, 0.2) is 0 Å². The fourth-order valence-electron chi connectivity index (χ4n) is 3.12. The quantitative estimate of drug-likeness (QED) is 0.788. The van der Waals surface area contributed by atoms with Crippen molar-refractivity contribution in [1.29, 1.82) is 0 Å². The van der Waals surface area contributed by atoms with Crippen LogP contribution in [0, 0.1) is 0 Å². The molecule has 3 nitrogen and oxygen atoms in total. The number of benzene rings is 1. The molecule has 2 rings (SSSR count). The first-order chi connectivity index (χ1) is 10.0. The van der Waals surface area contributed by atoms with Crippen LogP contribution in [0.3, 0.4) is 0 Å². The Kier molecular flexibility index (Phi) is 5.68. The molecule has 1 aromatic rings. The van der Waals surface area contributed by atoms with Gasteiger partial charge in [0.2, 0.25) is 0 Å². The second kappa shape index (κ2) is 7.30. The van der Waals surface area contributed by atoms with E-state index in [1.807, 2.05) is 18.2 Å². The van der Waals surface area contributed by atoms with Gasteiger partial charge in [0.1, 0.15) is 5.75 Å². The molecule has 0 aliphatic heterocycles. The fourth-order valence-corrected chi connectivity index (χ4v) is 3.53. The van der Waals surface area contributed by atoms with Crippen molar-refractivity contribution >= 4 is 21.8 Å². The summed E-state index contributed by atoms with van der Waals surface area (Å²) in [4.78, 5) is 15.0. The Morgan fingerprint density at radius 1 is 1.29 bits per heavy atom. The van der Waals surface area contributed by atoms with Crippen molar-refractivity contribution < 1.29 is 9.53 Å². The molecule has 1 fully saturated rings. The molecule has 1 aromatic carbocycles. The van der Waals surface area contributed by atoms with Crippen LogP contribution in [0.5, 0.6) is 5.75 Å². The highest BCUT2D eigenvalue weighted by molar-refractivity contribution is 9.10. The van der Waals surface area contributed by atoms with Crippen molar-refractivity contribution in [2.75, 3.05) is 7.11 Å². The van der Waals surface area contributed by atoms with Gasteiger partial charge in [-0.2, -0.15) is 0 Å². The lowest BCUT2D eigenvalue weighted by Crippen LogP contribution is -2.45. The average molecular weight is 354 g/mol. The lowest BCUT2D eigenvalue weighted by Gasteiger charge is -2.37. The third-order valence-corrected chi connectivity index (χ3v) is 4.81. The summed E-state index contributed by atoms with van der Waals surface area (Å²) in [5.41, 5.74) is 0.703. The Hall–Kier alpha value is -1.03. The van der Waals surface area contributed by atoms with Gasteiger partial charge < -0.3 is 9.64 Å². The van der Waals surface area contributed by atoms with Crippen molar-refractivity contribution in [2.45, 2.75) is 58.0 Å². The number of ether oxygens (including phenoxy) is 1. The molecule has 0 aromatic heterocycles. The van der Waals surface area contributed by atoms with Gasteiger partial charge in [0, 0.05) is 17.6 Å². The summed E-state index contributed by atoms with van der Waals surface area (Å²) in [7, 11) is 1.62. The van der Waals surface area contributed by atoms with Gasteiger partial charge in [0.25, 0.3) is 5.91 Å². The van der Waals surface area contributed by atoms with E-state index in [2.05, 4.69) is 34.7 Å². The second-order valence-electron chi connectivity index (χ2n) is 5.95. The van der Waals surface area contributed by atoms with Crippen molar-refractivity contribution in [3.63, 3.8) is 0 Å². The van der Waals surface area contributed by atoms with Gasteiger partial charge in [-0.1, -0.05) is 19.3 Å². The Morgan fingerprint density at radius 2 is 1.95 bits per heavy atom. The van der Waals surface area contributed by atoms with Crippen LogP contribution < -0.4 is 4.74 Å². The van der Waals surface area contributed by atoms with Gasteiger partial charge in [-0.25, -0.2) is 0 Å². The molecule has 4 heteroatoms. The largest absolute Gasteiger partial charge is 0.496 e. The van der Waals surface area contributed by atoms with Crippen LogP contribution in [-0.4, -0.2) is 30.0 Å². The number of hydrogen-bond donors (Lipinski definition) is 0. The van der Waals surface area contributed by atoms with Crippen LogP contribution in [0.4, 0.5) is 0 Å². The van der Waals surface area contributed by atoms with E-state index in [-0.39, 0.29) is 11.9 Å². The third-order valence-electron chi connectivity index (χ3n) is 4.16. The van der Waals surface area contributed by atoms with Crippen LogP contribution >= 0.6 is 15.9 Å². The lowest BCUT2D eigenvalue weighted by atomic mass is 9.93. The minimum atomic E-state index is 0.114. The van der Waals surface area contributed by atoms with Crippen LogP contribution in [-0.2, 0) is 0 Å². The first kappa shape index (κ1) is 16.3. The standard InChI is InChI=1S/C17H24BrNO2/c1-12(2)19(14-7-5-4-6-8-14)17(20)13-9-10-15(18)16(11-13)21-3/h9-12,14H,4-8H2,1-3H3. The smallest absolute Gasteiger partial charge is 0.254 e. The van der Waals surface area contributed by atoms with Crippen LogP contribution in [0.2, 0.25) is 0 Å². The zero-order chi connectivity index (χ0) is 15.4. The molecule has 0 radical (unpaired) electrons. The van der Waals surface area contributed by atoms with E-state index >= 15 is 0 Å². The molecule has 0 N–H and O–H groups in total. The van der Waals surface area contributed by atoms with Crippen LogP contribution in [0.1, 0.15) is 56.3 Å². The number of hydrogen-bond acceptors (Lipinski definition) is 2. The molecular weight excluding hydrogens is 330 g/mol. The SMILES string of the molecule is COc1cc(C(=O)N(C(C)C)C2CCCCC2)ccc1Br. The molecular formula is C17H24BrNO2. The normalized spacial score (nSPS) is 16.0. The van der Waals surface area contributed by atoms with Gasteiger partial charge in [0.05, 0.1) is 11.6 Å². The molecule has 0 bridgehead atoms. The molecule has 0 spiro atoms. The first-order valence-corrected chi connectivity index (χ1v) is 8.50. The Labute approximate surface area is 135 Å². The highest BCUT2D eigenvalue weighted by Gasteiger charge is 2.28. The minimum absolute atomic E-state index is 0.114. The number of methoxy groups -OCH3 is 1. The minimum Gasteiger partial charge on any atom is -0.496 e. The number of carbonyl (C=O) groups is 1. The molecule has 0 heterocycles. The molecule has 0 unspecified atom stereocenters. The number of carbonyl (C=O) groups excluding carboxylic acids is 1. The van der Waals surface area contributed by atoms with E-state index in [0.29, 0.717) is 17.4 Å². The second-order valence-corrected chi connectivity index (χ2v) is 6.80. The Bertz CT molecular complexity index is 496. The molecule has 116 valence electrons. The molecule has 21 heavy (non-hydrogen) atoms. The molecule has 1 aliphatic rings. The zero-order valence-corrected chi connectivity index (χ0v) is 14.6. The summed E-state index contributed by atoms with van der Waals surface area (Å²) in [6.45, 7) is 4.20. The summed E-state index contributed by atoms with van der Waals surface area (Å²) in [5.74, 6) is 0.816. The molecule has 0 atom stereocenters. The maximum absolute atomic E-state index is 12.9. The molecule has 1 aliphatic carbocycles. The van der Waals surface area contributed by atoms with Crippen molar-refractivity contribution in [1.82, 2.24) is 4.90 Å². The van der Waals surface area contributed by atoms with E-state index in [1.54, 1.807) is 7.11 Å². The molecule has 0 saturated heterocycles. The van der Waals surface area contributed by atoms with Gasteiger partial charge >= 0.3 is 0 Å². The average Bonchev–Trinajstić information content (AvgIpc) is 2.48. The highest BCUT2D eigenvalue weighted by atomic mass is 79.9. The summed E-state index contributed by atoms with van der Waals surface area (Å²) in [6.07, 6.45) is 5.99. The maximum Gasteiger partial charge on any atom is 0.254 e. The van der Waals surface area contributed by atoms with Crippen LogP contribution in [0.25, 0.3) is 0 Å². The van der Waals surface area contributed by atoms with Crippen molar-refractivity contribution in [3.05, 3.63) is 28.2 Å². The van der Waals surface area contributed by atoms with Crippen LogP contribution in [0.15, 0.2) is 22.7 Å². The molecule has 1 amide bonds. The van der Waals surface area contributed by atoms with E-state index < -0.39 is 0 Å². The number of amides is 1. The topological polar surface area (TPSA) is 29.5 Å². The highest BCUT2D eigenvalue weighted by Crippen LogP contribution is 2.29. The summed E-state index contributed by atoms with van der Waals surface area (Å²) in [5, 5.41) is 0. The predicted molar refractivity (Wildman–Crippen MR) is 88.9 cm³/mol. The number of rotatable bonds is 4. The number of nitrogens with zero attached hydrogens (tertiary/aromatic N) is 1. The maximum atomic E-state index is 12.9. The van der Waals surface area contributed by atoms with E-state index in [4.69, 9.17) is 4.74 Å². The zero-order valence-electron chi connectivity index (χ0n) is 13.1. The van der Waals surface area contributed by atoms with Gasteiger partial charge in [-0.3, -0.25) is 4.79 Å². The lowest BCUT2D eigenvalue weighted by molar-refractivity contribution is 0.0555. The van der Waals surface area contributed by atoms with Crippen molar-refractivity contribution in [3.8, 4) is 5.75 Å². The Balaban J connectivity index is 2.25. The predicted octanol–water partition coefficient (Wildman–Crippen LogP) is 4.64. The summed E-state index contributed by atoms with van der Waals surface area (Å²) >= 11 is 3.43. The Morgan fingerprint density at radius 3 is 2.52 bits per heavy atom. The van der Waals surface area contributed by atoms with Gasteiger partial charge in [-0.15, -0.1) is 0 Å². The van der Waals surface area contributed by atoms with Crippen molar-refractivity contribution in [2.24, 2.45) is 0 Å². The van der Waals surface area contributed by atoms with Gasteiger partial charge in [-0.05, 0) is 60.8 Å². The summed E-state index contributed by atoms with van der Waals surface area (Å²) in [6, 6.07) is 6.17. The summed E-state index contributed by atoms with van der Waals surface area (Å²) < 4.78 is 6.17. The number of halogens is 1. The van der Waals surface area contributed by atoms with E-state index in [9.17, 15) is 4.79 Å². The molecule has 1 saturated carbocycles. The van der Waals surface area contributed by atoms with E-state index in [0.717, 1.165) is 17.3 Å². The van der Waals surface area contributed by atoms with E-state index in [1.165, 1.54) is 19.3 Å². The fraction of sp³-hybridized carbons (Fsp3) is 0.588. The first-order valence-electron chi connectivity index (χ1n) is 7.70. The monoisotopic (exact) mass is 353 g/mol. The third kappa shape index (κ3) is 3.79.